The van der Waals surface area contributed by atoms with Gasteiger partial charge < -0.3 is 26.0 Å². The number of carboxylic acids is 1. The van der Waals surface area contributed by atoms with Crippen LogP contribution in [-0.4, -0.2) is 37.3 Å². The molecule has 17 heavy (non-hydrogen) atoms. The Morgan fingerprint density at radius 2 is 2.18 bits per heavy atom. The Bertz CT molecular complexity index is 578. The second kappa shape index (κ2) is 3.95. The molecule has 0 aliphatic heterocycles. The third-order valence-corrected chi connectivity index (χ3v) is 2.43. The second-order valence-electron chi connectivity index (χ2n) is 3.71. The topological polar surface area (TPSA) is 132 Å². The molecule has 1 atom stereocenters. The van der Waals surface area contributed by atoms with Crippen molar-refractivity contribution in [3.8, 4) is 11.8 Å². The van der Waals surface area contributed by atoms with Gasteiger partial charge in [-0.3, -0.25) is 4.79 Å². The van der Waals surface area contributed by atoms with Crippen LogP contribution in [0.5, 0.6) is 11.8 Å². The lowest BCUT2D eigenvalue weighted by molar-refractivity contribution is -0.138. The van der Waals surface area contributed by atoms with Crippen molar-refractivity contribution in [3.63, 3.8) is 0 Å². The van der Waals surface area contributed by atoms with Crippen LogP contribution in [0.1, 0.15) is 5.56 Å². The molecule has 0 amide bonds. The van der Waals surface area contributed by atoms with Crippen LogP contribution in [0.3, 0.4) is 0 Å². The number of nitrogens with one attached hydrogen (secondary N) is 1. The SMILES string of the molecule is N[C@@H](Cc1cc2nc(O)[nH]c2cc1O)C(=O)O. The van der Waals surface area contributed by atoms with Gasteiger partial charge in [0.2, 0.25) is 0 Å². The second-order valence-corrected chi connectivity index (χ2v) is 3.71. The highest BCUT2D eigenvalue weighted by molar-refractivity contribution is 5.79. The van der Waals surface area contributed by atoms with E-state index < -0.39 is 12.0 Å². The number of aromatic hydroxyl groups is 2. The molecule has 0 bridgehead atoms. The number of rotatable bonds is 3. The van der Waals surface area contributed by atoms with Gasteiger partial charge in [0.15, 0.2) is 0 Å². The summed E-state index contributed by atoms with van der Waals surface area (Å²) in [5, 5.41) is 27.5. The van der Waals surface area contributed by atoms with Crippen LogP contribution < -0.4 is 5.73 Å². The van der Waals surface area contributed by atoms with E-state index in [0.29, 0.717) is 16.6 Å². The fourth-order valence-corrected chi connectivity index (χ4v) is 1.56. The van der Waals surface area contributed by atoms with Gasteiger partial charge >= 0.3 is 5.97 Å². The molecule has 90 valence electrons. The first-order valence-corrected chi connectivity index (χ1v) is 4.86. The minimum Gasteiger partial charge on any atom is -0.508 e. The summed E-state index contributed by atoms with van der Waals surface area (Å²) in [7, 11) is 0. The molecule has 0 saturated heterocycles. The third-order valence-electron chi connectivity index (χ3n) is 2.43. The number of benzene rings is 1. The highest BCUT2D eigenvalue weighted by Crippen LogP contribution is 2.25. The number of nitrogens with zero attached hydrogens (tertiary/aromatic N) is 1. The number of phenols is 1. The number of imidazole rings is 1. The molecule has 0 radical (unpaired) electrons. The maximum atomic E-state index is 10.6. The summed E-state index contributed by atoms with van der Waals surface area (Å²) in [4.78, 5) is 16.9. The normalized spacial score (nSPS) is 12.8. The summed E-state index contributed by atoms with van der Waals surface area (Å²) in [6.07, 6.45) is -0.00920. The monoisotopic (exact) mass is 237 g/mol. The molecule has 0 aliphatic rings. The van der Waals surface area contributed by atoms with Crippen molar-refractivity contribution in [1.29, 1.82) is 0 Å². The molecule has 7 nitrogen and oxygen atoms in total. The molecule has 6 N–H and O–H groups in total. The van der Waals surface area contributed by atoms with Gasteiger partial charge in [-0.2, -0.15) is 4.98 Å². The lowest BCUT2D eigenvalue weighted by Crippen LogP contribution is -2.32. The number of phenolic OH excluding ortho intramolecular Hbond substituents is 1. The van der Waals surface area contributed by atoms with E-state index in [0.717, 1.165) is 0 Å². The number of aliphatic carboxylic acids is 1. The number of carbonyl (C=O) groups is 1. The van der Waals surface area contributed by atoms with Crippen molar-refractivity contribution in [3.05, 3.63) is 17.7 Å². The van der Waals surface area contributed by atoms with E-state index in [2.05, 4.69) is 9.97 Å². The maximum Gasteiger partial charge on any atom is 0.320 e. The van der Waals surface area contributed by atoms with Crippen LogP contribution in [0.15, 0.2) is 12.1 Å². The van der Waals surface area contributed by atoms with Gasteiger partial charge in [0, 0.05) is 12.5 Å². The highest BCUT2D eigenvalue weighted by Gasteiger charge is 2.16. The van der Waals surface area contributed by atoms with Gasteiger partial charge in [-0.15, -0.1) is 0 Å². The molecule has 7 heteroatoms. The zero-order valence-electron chi connectivity index (χ0n) is 8.71. The standard InChI is InChI=1S/C10H11N3O4/c11-5(9(15)16)1-4-2-6-7(3-8(4)14)13-10(17)12-6/h2-3,5,14H,1,11H2,(H,15,16)(H2,12,13,17)/t5-/m0/s1. The Kier molecular flexibility index (Phi) is 2.60. The third kappa shape index (κ3) is 2.13. The van der Waals surface area contributed by atoms with Crippen molar-refractivity contribution in [2.24, 2.45) is 5.73 Å². The minimum atomic E-state index is -1.14. The smallest absolute Gasteiger partial charge is 0.320 e. The predicted octanol–water partition coefficient (Wildman–Crippen LogP) is -0.0715. The van der Waals surface area contributed by atoms with Gasteiger partial charge in [0.1, 0.15) is 11.8 Å². The van der Waals surface area contributed by atoms with Crippen molar-refractivity contribution < 1.29 is 20.1 Å². The molecule has 1 aromatic heterocycles. The fraction of sp³-hybridized carbons (Fsp3) is 0.200. The molecule has 1 aromatic carbocycles. The van der Waals surface area contributed by atoms with Crippen molar-refractivity contribution >= 4 is 17.0 Å². The Morgan fingerprint density at radius 3 is 2.82 bits per heavy atom. The van der Waals surface area contributed by atoms with Crippen molar-refractivity contribution in [2.45, 2.75) is 12.5 Å². The largest absolute Gasteiger partial charge is 0.508 e. The van der Waals surface area contributed by atoms with E-state index in [4.69, 9.17) is 15.9 Å². The van der Waals surface area contributed by atoms with Crippen molar-refractivity contribution in [1.82, 2.24) is 9.97 Å². The van der Waals surface area contributed by atoms with Crippen LogP contribution in [0.4, 0.5) is 0 Å². The molecule has 0 aliphatic carbocycles. The lowest BCUT2D eigenvalue weighted by Gasteiger charge is -2.08. The zero-order valence-corrected chi connectivity index (χ0v) is 8.71. The first kappa shape index (κ1) is 11.2. The van der Waals surface area contributed by atoms with Gasteiger partial charge in [0.25, 0.3) is 6.01 Å². The number of hydrogen-bond acceptors (Lipinski definition) is 5. The van der Waals surface area contributed by atoms with E-state index in [1.807, 2.05) is 0 Å². The molecular formula is C10H11N3O4. The lowest BCUT2D eigenvalue weighted by atomic mass is 10.0. The van der Waals surface area contributed by atoms with E-state index in [1.54, 1.807) is 0 Å². The molecule has 2 aromatic rings. The van der Waals surface area contributed by atoms with Gasteiger partial charge in [0.05, 0.1) is 11.0 Å². The van der Waals surface area contributed by atoms with E-state index in [-0.39, 0.29) is 18.2 Å². The fourth-order valence-electron chi connectivity index (χ4n) is 1.56. The summed E-state index contributed by atoms with van der Waals surface area (Å²) < 4.78 is 0. The number of hydrogen-bond donors (Lipinski definition) is 5. The quantitative estimate of drug-likeness (QED) is 0.507. The number of carboxylic acid groups (broad SMARTS) is 1. The highest BCUT2D eigenvalue weighted by atomic mass is 16.4. The van der Waals surface area contributed by atoms with E-state index in [1.165, 1.54) is 12.1 Å². The van der Waals surface area contributed by atoms with E-state index >= 15 is 0 Å². The van der Waals surface area contributed by atoms with Gasteiger partial charge in [-0.1, -0.05) is 0 Å². The van der Waals surface area contributed by atoms with Crippen LogP contribution in [0.2, 0.25) is 0 Å². The molecule has 0 fully saturated rings. The predicted molar refractivity (Wildman–Crippen MR) is 58.7 cm³/mol. The number of nitrogens with two attached hydrogens (primary N) is 1. The zero-order chi connectivity index (χ0) is 12.6. The van der Waals surface area contributed by atoms with Crippen LogP contribution in [-0.2, 0) is 11.2 Å². The Morgan fingerprint density at radius 1 is 1.47 bits per heavy atom. The van der Waals surface area contributed by atoms with Crippen LogP contribution in [0, 0.1) is 0 Å². The summed E-state index contributed by atoms with van der Waals surface area (Å²) in [6, 6.07) is 1.50. The van der Waals surface area contributed by atoms with Gasteiger partial charge in [-0.25, -0.2) is 0 Å². The molecule has 2 rings (SSSR count). The van der Waals surface area contributed by atoms with Crippen LogP contribution in [0.25, 0.3) is 11.0 Å². The van der Waals surface area contributed by atoms with E-state index in [9.17, 15) is 9.90 Å². The number of fused-ring (bicyclic) bond motifs is 1. The average molecular weight is 237 g/mol. The number of aromatic nitrogens is 2. The summed E-state index contributed by atoms with van der Waals surface area (Å²) >= 11 is 0. The maximum absolute atomic E-state index is 10.6. The Labute approximate surface area is 95.5 Å². The first-order chi connectivity index (χ1) is 7.97. The summed E-state index contributed by atoms with van der Waals surface area (Å²) in [5.74, 6) is -1.23. The Balaban J connectivity index is 2.40. The molecule has 0 unspecified atom stereocenters. The summed E-state index contributed by atoms with van der Waals surface area (Å²) in [6.45, 7) is 0. The van der Waals surface area contributed by atoms with Crippen molar-refractivity contribution in [2.75, 3.05) is 0 Å². The number of aromatic amines is 1. The summed E-state index contributed by atoms with van der Waals surface area (Å²) in [5.41, 5.74) is 6.66. The molecular weight excluding hydrogens is 226 g/mol. The first-order valence-electron chi connectivity index (χ1n) is 4.86. The van der Waals surface area contributed by atoms with Crippen LogP contribution >= 0.6 is 0 Å². The van der Waals surface area contributed by atoms with Gasteiger partial charge in [-0.05, 0) is 11.6 Å². The minimum absolute atomic E-state index is 0.00920. The Hall–Kier alpha value is -2.28. The average Bonchev–Trinajstić information content (AvgIpc) is 2.57. The molecule has 0 spiro atoms. The molecule has 0 saturated carbocycles. The molecule has 1 heterocycles. The number of H-pyrrole nitrogens is 1.